The number of rotatable bonds is 5. The van der Waals surface area contributed by atoms with Crippen LogP contribution in [-0.4, -0.2) is 23.5 Å². The molecule has 19 heavy (non-hydrogen) atoms. The topological polar surface area (TPSA) is 66.4 Å². The zero-order valence-corrected chi connectivity index (χ0v) is 12.9. The van der Waals surface area contributed by atoms with Gasteiger partial charge >= 0.3 is 5.97 Å². The Balaban J connectivity index is 2.69. The smallest absolute Gasteiger partial charge is 0.303 e. The van der Waals surface area contributed by atoms with Gasteiger partial charge in [0.05, 0.1) is 0 Å². The molecular weight excluding hydrogens is 310 g/mol. The van der Waals surface area contributed by atoms with Gasteiger partial charge in [-0.3, -0.25) is 9.59 Å². The summed E-state index contributed by atoms with van der Waals surface area (Å²) in [6.07, 6.45) is 0.0542. The highest BCUT2D eigenvalue weighted by molar-refractivity contribution is 9.10. The van der Waals surface area contributed by atoms with E-state index in [2.05, 4.69) is 21.2 Å². The monoisotopic (exact) mass is 327 g/mol. The third-order valence-corrected chi connectivity index (χ3v) is 3.74. The lowest BCUT2D eigenvalue weighted by atomic mass is 10.0. The number of hydrogen-bond acceptors (Lipinski definition) is 2. The van der Waals surface area contributed by atoms with Gasteiger partial charge in [0.25, 0.3) is 5.91 Å². The van der Waals surface area contributed by atoms with Gasteiger partial charge in [-0.15, -0.1) is 0 Å². The summed E-state index contributed by atoms with van der Waals surface area (Å²) in [6, 6.07) is 3.74. The minimum atomic E-state index is -0.850. The maximum absolute atomic E-state index is 12.0. The molecule has 0 aliphatic carbocycles. The molecule has 0 aliphatic heterocycles. The summed E-state index contributed by atoms with van der Waals surface area (Å²) in [6.45, 7) is 5.96. The Bertz CT molecular complexity index is 500. The molecule has 4 nitrogen and oxygen atoms in total. The fourth-order valence-electron chi connectivity index (χ4n) is 1.76. The van der Waals surface area contributed by atoms with Gasteiger partial charge in [-0.05, 0) is 43.0 Å². The number of carboxylic acids is 1. The normalized spacial score (nSPS) is 12.0. The van der Waals surface area contributed by atoms with E-state index in [-0.39, 0.29) is 18.2 Å². The van der Waals surface area contributed by atoms with Gasteiger partial charge in [-0.1, -0.05) is 22.9 Å². The minimum absolute atomic E-state index is 0.0542. The molecule has 0 heterocycles. The molecule has 1 aromatic rings. The highest BCUT2D eigenvalue weighted by Gasteiger charge is 2.13. The Hall–Kier alpha value is -1.36. The molecular formula is C14H18BrNO3. The number of aryl methyl sites for hydroxylation is 2. The largest absolute Gasteiger partial charge is 0.481 e. The Morgan fingerprint density at radius 2 is 1.95 bits per heavy atom. The van der Waals surface area contributed by atoms with Crippen molar-refractivity contribution in [2.24, 2.45) is 5.92 Å². The molecule has 5 heteroatoms. The number of amides is 1. The lowest BCUT2D eigenvalue weighted by Crippen LogP contribution is -2.29. The Kier molecular flexibility index (Phi) is 5.54. The van der Waals surface area contributed by atoms with E-state index in [1.54, 1.807) is 6.92 Å². The summed E-state index contributed by atoms with van der Waals surface area (Å²) in [7, 11) is 0. The van der Waals surface area contributed by atoms with Gasteiger partial charge in [0.2, 0.25) is 0 Å². The van der Waals surface area contributed by atoms with E-state index in [0.717, 1.165) is 15.6 Å². The molecule has 104 valence electrons. The van der Waals surface area contributed by atoms with E-state index in [4.69, 9.17) is 5.11 Å². The van der Waals surface area contributed by atoms with E-state index < -0.39 is 5.97 Å². The van der Waals surface area contributed by atoms with Crippen LogP contribution in [0.4, 0.5) is 0 Å². The predicted octanol–water partition coefficient (Wildman–Crippen LogP) is 2.91. The standard InChI is InChI=1S/C14H18BrNO3/c1-8(4-13(17)18)7-16-14(19)11-5-10(3)12(15)6-9(11)2/h5-6,8H,4,7H2,1-3H3,(H,16,19)(H,17,18). The second kappa shape index (κ2) is 6.70. The van der Waals surface area contributed by atoms with Gasteiger partial charge in [-0.2, -0.15) is 0 Å². The Labute approximate surface area is 121 Å². The summed E-state index contributed by atoms with van der Waals surface area (Å²) in [5.41, 5.74) is 2.51. The highest BCUT2D eigenvalue weighted by Crippen LogP contribution is 2.21. The molecule has 0 fully saturated rings. The van der Waals surface area contributed by atoms with Gasteiger partial charge in [0.15, 0.2) is 0 Å². The van der Waals surface area contributed by atoms with Crippen LogP contribution in [0.25, 0.3) is 0 Å². The van der Waals surface area contributed by atoms with E-state index in [9.17, 15) is 9.59 Å². The summed E-state index contributed by atoms with van der Waals surface area (Å²) in [5.74, 6) is -1.10. The highest BCUT2D eigenvalue weighted by atomic mass is 79.9. The van der Waals surface area contributed by atoms with Crippen LogP contribution < -0.4 is 5.32 Å². The maximum atomic E-state index is 12.0. The van der Waals surface area contributed by atoms with Crippen molar-refractivity contribution >= 4 is 27.8 Å². The van der Waals surface area contributed by atoms with E-state index in [1.807, 2.05) is 26.0 Å². The third kappa shape index (κ3) is 4.67. The summed E-state index contributed by atoms with van der Waals surface area (Å²) in [5, 5.41) is 11.4. The van der Waals surface area contributed by atoms with Crippen molar-refractivity contribution in [3.05, 3.63) is 33.3 Å². The van der Waals surface area contributed by atoms with E-state index in [0.29, 0.717) is 12.1 Å². The molecule has 0 bridgehead atoms. The summed E-state index contributed by atoms with van der Waals surface area (Å²) >= 11 is 3.42. The second-order valence-corrected chi connectivity index (χ2v) is 5.68. The quantitative estimate of drug-likeness (QED) is 0.873. The van der Waals surface area contributed by atoms with Crippen molar-refractivity contribution in [1.82, 2.24) is 5.32 Å². The lowest BCUT2D eigenvalue weighted by molar-refractivity contribution is -0.137. The van der Waals surface area contributed by atoms with Crippen molar-refractivity contribution in [2.45, 2.75) is 27.2 Å². The molecule has 2 N–H and O–H groups in total. The molecule has 0 aromatic heterocycles. The summed E-state index contributed by atoms with van der Waals surface area (Å²) in [4.78, 5) is 22.6. The van der Waals surface area contributed by atoms with Crippen molar-refractivity contribution in [3.63, 3.8) is 0 Å². The Morgan fingerprint density at radius 1 is 1.32 bits per heavy atom. The van der Waals surface area contributed by atoms with Crippen LogP contribution in [0, 0.1) is 19.8 Å². The first kappa shape index (κ1) is 15.7. The molecule has 1 atom stereocenters. The van der Waals surface area contributed by atoms with Crippen LogP contribution in [0.2, 0.25) is 0 Å². The first-order valence-electron chi connectivity index (χ1n) is 6.08. The fraction of sp³-hybridized carbons (Fsp3) is 0.429. The SMILES string of the molecule is Cc1cc(C(=O)NCC(C)CC(=O)O)c(C)cc1Br. The first-order chi connectivity index (χ1) is 8.81. The third-order valence-electron chi connectivity index (χ3n) is 2.88. The van der Waals surface area contributed by atoms with Gasteiger partial charge in [0.1, 0.15) is 0 Å². The average molecular weight is 328 g/mol. The van der Waals surface area contributed by atoms with Crippen molar-refractivity contribution in [2.75, 3.05) is 6.54 Å². The lowest BCUT2D eigenvalue weighted by Gasteiger charge is -2.12. The number of nitrogens with one attached hydrogen (secondary N) is 1. The van der Waals surface area contributed by atoms with Crippen LogP contribution in [-0.2, 0) is 4.79 Å². The summed E-state index contributed by atoms with van der Waals surface area (Å²) < 4.78 is 0.973. The van der Waals surface area contributed by atoms with Crippen LogP contribution >= 0.6 is 15.9 Å². The molecule has 0 aliphatic rings. The van der Waals surface area contributed by atoms with E-state index in [1.165, 1.54) is 0 Å². The fourth-order valence-corrected chi connectivity index (χ4v) is 2.22. The number of halogens is 1. The first-order valence-corrected chi connectivity index (χ1v) is 6.87. The van der Waals surface area contributed by atoms with Gasteiger partial charge in [-0.25, -0.2) is 0 Å². The molecule has 1 unspecified atom stereocenters. The van der Waals surface area contributed by atoms with Crippen molar-refractivity contribution < 1.29 is 14.7 Å². The molecule has 1 rings (SSSR count). The molecule has 0 saturated carbocycles. The van der Waals surface area contributed by atoms with Crippen LogP contribution in [0.3, 0.4) is 0 Å². The van der Waals surface area contributed by atoms with Crippen LogP contribution in [0.15, 0.2) is 16.6 Å². The number of carboxylic acid groups (broad SMARTS) is 1. The minimum Gasteiger partial charge on any atom is -0.481 e. The van der Waals surface area contributed by atoms with Crippen LogP contribution in [0.5, 0.6) is 0 Å². The number of aliphatic carboxylic acids is 1. The second-order valence-electron chi connectivity index (χ2n) is 4.83. The predicted molar refractivity (Wildman–Crippen MR) is 77.4 cm³/mol. The number of carbonyl (C=O) groups excluding carboxylic acids is 1. The molecule has 0 radical (unpaired) electrons. The van der Waals surface area contributed by atoms with Crippen molar-refractivity contribution in [1.29, 1.82) is 0 Å². The molecule has 1 amide bonds. The maximum Gasteiger partial charge on any atom is 0.303 e. The van der Waals surface area contributed by atoms with Gasteiger partial charge in [0, 0.05) is 23.0 Å². The number of carbonyl (C=O) groups is 2. The molecule has 0 spiro atoms. The van der Waals surface area contributed by atoms with Crippen LogP contribution in [0.1, 0.15) is 34.8 Å². The average Bonchev–Trinajstić information content (AvgIpc) is 2.30. The van der Waals surface area contributed by atoms with E-state index >= 15 is 0 Å². The Morgan fingerprint density at radius 3 is 2.53 bits per heavy atom. The molecule has 1 aromatic carbocycles. The van der Waals surface area contributed by atoms with Gasteiger partial charge < -0.3 is 10.4 Å². The molecule has 0 saturated heterocycles. The zero-order valence-electron chi connectivity index (χ0n) is 11.3. The number of hydrogen-bond donors (Lipinski definition) is 2. The zero-order chi connectivity index (χ0) is 14.6. The van der Waals surface area contributed by atoms with Crippen molar-refractivity contribution in [3.8, 4) is 0 Å². The number of benzene rings is 1.